The predicted molar refractivity (Wildman–Crippen MR) is 92.3 cm³/mol. The molecule has 1 aliphatic heterocycles. The zero-order valence-electron chi connectivity index (χ0n) is 14.6. The molecule has 0 aliphatic carbocycles. The first-order valence-electron chi connectivity index (χ1n) is 8.36. The number of carbonyl (C=O) groups excluding carboxylic acids is 1. The summed E-state index contributed by atoms with van der Waals surface area (Å²) in [6.45, 7) is 14.0. The Bertz CT molecular complexity index is 382. The maximum absolute atomic E-state index is 10.9. The molecule has 23 heavy (non-hydrogen) atoms. The largest absolute Gasteiger partial charge is 0.478 e. The smallest absolute Gasteiger partial charge is 0.330 e. The summed E-state index contributed by atoms with van der Waals surface area (Å²) in [5.74, 6) is -0.102. The van der Waals surface area contributed by atoms with Gasteiger partial charge < -0.3 is 14.7 Å². The summed E-state index contributed by atoms with van der Waals surface area (Å²) in [4.78, 5) is 23.1. The molecule has 1 rings (SSSR count). The SMILES string of the molecule is C=C(CCCC(CC)CC)C(=O)O.C=CC(=O)N1CCOCC1. The molecule has 1 heterocycles. The van der Waals surface area contributed by atoms with Gasteiger partial charge in [-0.3, -0.25) is 4.79 Å². The van der Waals surface area contributed by atoms with Gasteiger partial charge in [0.15, 0.2) is 0 Å². The van der Waals surface area contributed by atoms with Crippen molar-refractivity contribution >= 4 is 11.9 Å². The first kappa shape index (κ1) is 21.4. The lowest BCUT2D eigenvalue weighted by atomic mass is 9.95. The van der Waals surface area contributed by atoms with E-state index in [1.165, 1.54) is 18.9 Å². The Hall–Kier alpha value is -1.62. The van der Waals surface area contributed by atoms with Crippen LogP contribution >= 0.6 is 0 Å². The van der Waals surface area contributed by atoms with E-state index in [0.29, 0.717) is 38.3 Å². The normalized spacial score (nSPS) is 14.0. The van der Waals surface area contributed by atoms with E-state index in [4.69, 9.17) is 9.84 Å². The molecule has 1 aliphatic rings. The molecule has 0 unspecified atom stereocenters. The van der Waals surface area contributed by atoms with Crippen LogP contribution in [0.4, 0.5) is 0 Å². The number of rotatable bonds is 8. The lowest BCUT2D eigenvalue weighted by Gasteiger charge is -2.25. The van der Waals surface area contributed by atoms with E-state index in [2.05, 4.69) is 27.0 Å². The molecule has 0 aromatic carbocycles. The van der Waals surface area contributed by atoms with Gasteiger partial charge >= 0.3 is 5.97 Å². The highest BCUT2D eigenvalue weighted by Gasteiger charge is 2.12. The van der Waals surface area contributed by atoms with Crippen LogP contribution in [0.25, 0.3) is 0 Å². The number of morpholine rings is 1. The molecule has 0 aromatic heterocycles. The Kier molecular flexibility index (Phi) is 12.0. The second-order valence-corrected chi connectivity index (χ2v) is 5.63. The highest BCUT2D eigenvalue weighted by Crippen LogP contribution is 2.17. The molecule has 132 valence electrons. The zero-order valence-corrected chi connectivity index (χ0v) is 14.6. The van der Waals surface area contributed by atoms with Crippen LogP contribution in [0.2, 0.25) is 0 Å². The Morgan fingerprint density at radius 1 is 1.26 bits per heavy atom. The van der Waals surface area contributed by atoms with Crippen LogP contribution in [0.3, 0.4) is 0 Å². The lowest BCUT2D eigenvalue weighted by Crippen LogP contribution is -2.39. The first-order valence-corrected chi connectivity index (χ1v) is 8.36. The summed E-state index contributed by atoms with van der Waals surface area (Å²) in [6, 6.07) is 0. The first-order chi connectivity index (χ1) is 11.0. The van der Waals surface area contributed by atoms with Crippen LogP contribution in [0.1, 0.15) is 46.0 Å². The Balaban J connectivity index is 0.000000433. The van der Waals surface area contributed by atoms with Crippen molar-refractivity contribution < 1.29 is 19.4 Å². The molecular weight excluding hydrogens is 294 g/mol. The van der Waals surface area contributed by atoms with Crippen molar-refractivity contribution in [2.24, 2.45) is 5.92 Å². The maximum atomic E-state index is 10.9. The highest BCUT2D eigenvalue weighted by atomic mass is 16.5. The number of ether oxygens (including phenoxy) is 1. The fraction of sp³-hybridized carbons (Fsp3) is 0.667. The van der Waals surface area contributed by atoms with Crippen molar-refractivity contribution in [3.8, 4) is 0 Å². The molecule has 0 spiro atoms. The quantitative estimate of drug-likeness (QED) is 0.696. The summed E-state index contributed by atoms with van der Waals surface area (Å²) in [5.41, 5.74) is 0.339. The van der Waals surface area contributed by atoms with Crippen LogP contribution in [0.15, 0.2) is 24.8 Å². The van der Waals surface area contributed by atoms with E-state index >= 15 is 0 Å². The fourth-order valence-electron chi connectivity index (χ4n) is 2.32. The molecular formula is C18H31NO4. The van der Waals surface area contributed by atoms with Gasteiger partial charge in [-0.25, -0.2) is 4.79 Å². The third-order valence-electron chi connectivity index (χ3n) is 4.05. The number of hydrogen-bond donors (Lipinski definition) is 1. The molecule has 1 saturated heterocycles. The second kappa shape index (κ2) is 12.9. The van der Waals surface area contributed by atoms with Crippen molar-refractivity contribution in [3.05, 3.63) is 24.8 Å². The molecule has 1 N–H and O–H groups in total. The van der Waals surface area contributed by atoms with Crippen molar-refractivity contribution in [2.45, 2.75) is 46.0 Å². The zero-order chi connectivity index (χ0) is 17.7. The molecule has 0 atom stereocenters. The van der Waals surface area contributed by atoms with Crippen LogP contribution in [0.5, 0.6) is 0 Å². The minimum Gasteiger partial charge on any atom is -0.478 e. The maximum Gasteiger partial charge on any atom is 0.330 e. The van der Waals surface area contributed by atoms with Crippen molar-refractivity contribution in [2.75, 3.05) is 26.3 Å². The van der Waals surface area contributed by atoms with Gasteiger partial charge in [0.25, 0.3) is 0 Å². The molecule has 1 amide bonds. The van der Waals surface area contributed by atoms with Crippen LogP contribution < -0.4 is 0 Å². The van der Waals surface area contributed by atoms with Gasteiger partial charge in [-0.15, -0.1) is 0 Å². The number of nitrogens with zero attached hydrogens (tertiary/aromatic N) is 1. The lowest BCUT2D eigenvalue weighted by molar-refractivity contribution is -0.133. The molecule has 0 radical (unpaired) electrons. The Morgan fingerprint density at radius 3 is 2.26 bits per heavy atom. The molecule has 0 bridgehead atoms. The number of amides is 1. The van der Waals surface area contributed by atoms with Crippen molar-refractivity contribution in [1.82, 2.24) is 4.90 Å². The highest BCUT2D eigenvalue weighted by molar-refractivity contribution is 5.87. The number of aliphatic carboxylic acids is 1. The number of carbonyl (C=O) groups is 2. The van der Waals surface area contributed by atoms with Crippen LogP contribution in [-0.4, -0.2) is 48.2 Å². The van der Waals surface area contributed by atoms with Gasteiger partial charge in [0.1, 0.15) is 0 Å². The summed E-state index contributed by atoms with van der Waals surface area (Å²) in [6.07, 6.45) is 6.43. The molecule has 5 heteroatoms. The average molecular weight is 325 g/mol. The van der Waals surface area contributed by atoms with Crippen molar-refractivity contribution in [1.29, 1.82) is 0 Å². The third-order valence-corrected chi connectivity index (χ3v) is 4.05. The van der Waals surface area contributed by atoms with E-state index in [1.54, 1.807) is 4.90 Å². The van der Waals surface area contributed by atoms with E-state index < -0.39 is 5.97 Å². The second-order valence-electron chi connectivity index (χ2n) is 5.63. The van der Waals surface area contributed by atoms with Gasteiger partial charge in [0, 0.05) is 18.7 Å². The Labute approximate surface area is 140 Å². The summed E-state index contributed by atoms with van der Waals surface area (Å²) in [5, 5.41) is 8.56. The average Bonchev–Trinajstić information content (AvgIpc) is 2.59. The van der Waals surface area contributed by atoms with E-state index in [9.17, 15) is 9.59 Å². The molecule has 5 nitrogen and oxygen atoms in total. The number of carboxylic acid groups (broad SMARTS) is 1. The third kappa shape index (κ3) is 9.89. The van der Waals surface area contributed by atoms with E-state index in [-0.39, 0.29) is 5.91 Å². The minimum atomic E-state index is -0.857. The molecule has 0 saturated carbocycles. The van der Waals surface area contributed by atoms with Crippen molar-refractivity contribution in [3.63, 3.8) is 0 Å². The van der Waals surface area contributed by atoms with Gasteiger partial charge in [0.2, 0.25) is 5.91 Å². The minimum absolute atomic E-state index is 0.00306. The fourth-order valence-corrected chi connectivity index (χ4v) is 2.32. The monoisotopic (exact) mass is 325 g/mol. The van der Waals surface area contributed by atoms with Gasteiger partial charge in [-0.2, -0.15) is 0 Å². The predicted octanol–water partition coefficient (Wildman–Crippen LogP) is 3.26. The van der Waals surface area contributed by atoms with Gasteiger partial charge in [-0.05, 0) is 24.8 Å². The van der Waals surface area contributed by atoms with Crippen LogP contribution in [0, 0.1) is 5.92 Å². The topological polar surface area (TPSA) is 66.8 Å². The Morgan fingerprint density at radius 2 is 1.83 bits per heavy atom. The number of carboxylic acids is 1. The summed E-state index contributed by atoms with van der Waals surface area (Å²) in [7, 11) is 0. The van der Waals surface area contributed by atoms with E-state index in [0.717, 1.165) is 18.8 Å². The van der Waals surface area contributed by atoms with Gasteiger partial charge in [0.05, 0.1) is 13.2 Å². The number of hydrogen-bond acceptors (Lipinski definition) is 3. The summed E-state index contributed by atoms with van der Waals surface area (Å²) < 4.78 is 5.07. The van der Waals surface area contributed by atoms with Gasteiger partial charge in [-0.1, -0.05) is 46.3 Å². The van der Waals surface area contributed by atoms with E-state index in [1.807, 2.05) is 0 Å². The molecule has 1 fully saturated rings. The summed E-state index contributed by atoms with van der Waals surface area (Å²) >= 11 is 0. The standard InChI is InChI=1S/C11H20O2.C7H11NO2/c1-4-10(5-2)8-6-7-9(3)11(12)13;1-2-7(9)8-3-5-10-6-4-8/h10H,3-8H2,1-2H3,(H,12,13);2H,1,3-6H2. The molecule has 0 aromatic rings. The van der Waals surface area contributed by atoms with Crippen LogP contribution in [-0.2, 0) is 14.3 Å².